The van der Waals surface area contributed by atoms with Crippen LogP contribution in [0.3, 0.4) is 0 Å². The molecule has 0 unspecified atom stereocenters. The summed E-state index contributed by atoms with van der Waals surface area (Å²) in [6, 6.07) is 11.0. The van der Waals surface area contributed by atoms with Gasteiger partial charge in [0, 0.05) is 6.07 Å². The Labute approximate surface area is 117 Å². The van der Waals surface area contributed by atoms with Crippen LogP contribution >= 0.6 is 0 Å². The second-order valence-corrected chi connectivity index (χ2v) is 4.60. The first-order valence-electron chi connectivity index (χ1n) is 6.54. The van der Waals surface area contributed by atoms with E-state index in [0.29, 0.717) is 17.9 Å². The fourth-order valence-corrected chi connectivity index (χ4v) is 1.92. The molecule has 2 aromatic carbocycles. The maximum atomic E-state index is 13.0. The van der Waals surface area contributed by atoms with Gasteiger partial charge in [0.05, 0.1) is 0 Å². The van der Waals surface area contributed by atoms with Gasteiger partial charge in [-0.2, -0.15) is 0 Å². The molecule has 0 saturated carbocycles. The van der Waals surface area contributed by atoms with E-state index in [9.17, 15) is 8.78 Å². The van der Waals surface area contributed by atoms with Crippen LogP contribution in [0.5, 0.6) is 5.75 Å². The smallest absolute Gasteiger partial charge is 0.126 e. The highest BCUT2D eigenvalue weighted by Gasteiger charge is 2.02. The lowest BCUT2D eigenvalue weighted by atomic mass is 10.1. The summed E-state index contributed by atoms with van der Waals surface area (Å²) in [7, 11) is 0. The predicted molar refractivity (Wildman–Crippen MR) is 74.5 cm³/mol. The van der Waals surface area contributed by atoms with Crippen LogP contribution in [-0.4, -0.2) is 6.54 Å². The normalized spacial score (nSPS) is 10.6. The van der Waals surface area contributed by atoms with E-state index in [-0.39, 0.29) is 6.61 Å². The Bertz CT molecular complexity index is 535. The lowest BCUT2D eigenvalue weighted by molar-refractivity contribution is 0.304. The van der Waals surface area contributed by atoms with E-state index in [1.165, 1.54) is 17.7 Å². The molecule has 0 radical (unpaired) electrons. The van der Waals surface area contributed by atoms with Crippen molar-refractivity contribution < 1.29 is 13.5 Å². The van der Waals surface area contributed by atoms with Gasteiger partial charge in [0.1, 0.15) is 24.0 Å². The molecule has 0 atom stereocenters. The largest absolute Gasteiger partial charge is 0.489 e. The summed E-state index contributed by atoms with van der Waals surface area (Å²) >= 11 is 0. The molecule has 2 aromatic rings. The Balaban J connectivity index is 1.93. The summed E-state index contributed by atoms with van der Waals surface area (Å²) < 4.78 is 31.5. The second-order valence-electron chi connectivity index (χ2n) is 4.60. The molecular weight excluding hydrogens is 260 g/mol. The molecular formula is C16H17F2NO. The first kappa shape index (κ1) is 14.5. The van der Waals surface area contributed by atoms with Crippen LogP contribution in [0.4, 0.5) is 8.78 Å². The molecule has 2 rings (SSSR count). The Hall–Kier alpha value is -1.94. The highest BCUT2D eigenvalue weighted by atomic mass is 19.1. The maximum absolute atomic E-state index is 13.0. The van der Waals surface area contributed by atoms with E-state index >= 15 is 0 Å². The van der Waals surface area contributed by atoms with Crippen molar-refractivity contribution in [3.05, 3.63) is 65.2 Å². The van der Waals surface area contributed by atoms with Crippen LogP contribution < -0.4 is 10.5 Å². The molecule has 0 heterocycles. The molecule has 0 saturated heterocycles. The number of nitrogens with two attached hydrogens (primary N) is 1. The number of halogens is 2. The Kier molecular flexibility index (Phi) is 5.07. The van der Waals surface area contributed by atoms with Gasteiger partial charge in [-0.05, 0) is 54.8 Å². The van der Waals surface area contributed by atoms with Crippen molar-refractivity contribution in [3.63, 3.8) is 0 Å². The number of hydrogen-bond acceptors (Lipinski definition) is 2. The van der Waals surface area contributed by atoms with Crippen molar-refractivity contribution in [2.75, 3.05) is 6.54 Å². The zero-order valence-corrected chi connectivity index (χ0v) is 11.1. The van der Waals surface area contributed by atoms with Crippen LogP contribution in [0.1, 0.15) is 17.5 Å². The SMILES string of the molecule is NCCCc1ccc(OCc2cc(F)cc(F)c2)cc1. The lowest BCUT2D eigenvalue weighted by Gasteiger charge is -2.07. The van der Waals surface area contributed by atoms with E-state index in [1.54, 1.807) is 0 Å². The molecule has 0 aliphatic carbocycles. The van der Waals surface area contributed by atoms with E-state index in [0.717, 1.165) is 18.9 Å². The molecule has 0 spiro atoms. The van der Waals surface area contributed by atoms with Crippen LogP contribution in [-0.2, 0) is 13.0 Å². The van der Waals surface area contributed by atoms with Crippen molar-refractivity contribution in [3.8, 4) is 5.75 Å². The molecule has 0 aliphatic heterocycles. The standard InChI is InChI=1S/C16H17F2NO/c17-14-8-13(9-15(18)10-14)11-20-16-5-3-12(4-6-16)2-1-7-19/h3-6,8-10H,1-2,7,11,19H2. The van der Waals surface area contributed by atoms with Gasteiger partial charge in [0.25, 0.3) is 0 Å². The molecule has 2 N–H and O–H groups in total. The van der Waals surface area contributed by atoms with E-state index in [4.69, 9.17) is 10.5 Å². The molecule has 2 nitrogen and oxygen atoms in total. The highest BCUT2D eigenvalue weighted by Crippen LogP contribution is 2.16. The Morgan fingerprint density at radius 1 is 0.900 bits per heavy atom. The van der Waals surface area contributed by atoms with Gasteiger partial charge < -0.3 is 10.5 Å². The van der Waals surface area contributed by atoms with Gasteiger partial charge in [0.2, 0.25) is 0 Å². The molecule has 4 heteroatoms. The molecule has 20 heavy (non-hydrogen) atoms. The fourth-order valence-electron chi connectivity index (χ4n) is 1.92. The van der Waals surface area contributed by atoms with Gasteiger partial charge in [0.15, 0.2) is 0 Å². The van der Waals surface area contributed by atoms with Crippen molar-refractivity contribution in [2.45, 2.75) is 19.4 Å². The summed E-state index contributed by atoms with van der Waals surface area (Å²) in [5.74, 6) is -0.521. The zero-order valence-electron chi connectivity index (χ0n) is 11.1. The minimum Gasteiger partial charge on any atom is -0.489 e. The summed E-state index contributed by atoms with van der Waals surface area (Å²) in [6.07, 6.45) is 1.88. The van der Waals surface area contributed by atoms with Crippen molar-refractivity contribution in [2.24, 2.45) is 5.73 Å². The molecule has 0 fully saturated rings. The van der Waals surface area contributed by atoms with Gasteiger partial charge in [-0.25, -0.2) is 8.78 Å². The topological polar surface area (TPSA) is 35.2 Å². The monoisotopic (exact) mass is 277 g/mol. The average Bonchev–Trinajstić information content (AvgIpc) is 2.43. The molecule has 0 bridgehead atoms. The predicted octanol–water partition coefficient (Wildman–Crippen LogP) is 3.44. The minimum absolute atomic E-state index is 0.136. The average molecular weight is 277 g/mol. The number of aryl methyl sites for hydroxylation is 1. The van der Waals surface area contributed by atoms with Crippen molar-refractivity contribution >= 4 is 0 Å². The summed E-state index contributed by atoms with van der Waals surface area (Å²) in [5, 5.41) is 0. The molecule has 0 amide bonds. The Morgan fingerprint density at radius 2 is 1.55 bits per heavy atom. The third-order valence-corrected chi connectivity index (χ3v) is 2.92. The quantitative estimate of drug-likeness (QED) is 0.878. The third kappa shape index (κ3) is 4.31. The van der Waals surface area contributed by atoms with Crippen molar-refractivity contribution in [1.29, 1.82) is 0 Å². The van der Waals surface area contributed by atoms with Crippen LogP contribution in [0, 0.1) is 11.6 Å². The number of rotatable bonds is 6. The fraction of sp³-hybridized carbons (Fsp3) is 0.250. The summed E-state index contributed by atoms with van der Waals surface area (Å²) in [4.78, 5) is 0. The van der Waals surface area contributed by atoms with Gasteiger partial charge in [-0.3, -0.25) is 0 Å². The van der Waals surface area contributed by atoms with Crippen LogP contribution in [0.2, 0.25) is 0 Å². The van der Waals surface area contributed by atoms with Crippen LogP contribution in [0.25, 0.3) is 0 Å². The number of ether oxygens (including phenoxy) is 1. The van der Waals surface area contributed by atoms with Gasteiger partial charge in [-0.1, -0.05) is 12.1 Å². The molecule has 106 valence electrons. The van der Waals surface area contributed by atoms with Gasteiger partial charge >= 0.3 is 0 Å². The van der Waals surface area contributed by atoms with Crippen LogP contribution in [0.15, 0.2) is 42.5 Å². The number of hydrogen-bond donors (Lipinski definition) is 1. The third-order valence-electron chi connectivity index (χ3n) is 2.92. The first-order valence-corrected chi connectivity index (χ1v) is 6.54. The van der Waals surface area contributed by atoms with Crippen molar-refractivity contribution in [1.82, 2.24) is 0 Å². The van der Waals surface area contributed by atoms with E-state index in [2.05, 4.69) is 0 Å². The lowest BCUT2D eigenvalue weighted by Crippen LogP contribution is -2.00. The zero-order chi connectivity index (χ0) is 14.4. The summed E-state index contributed by atoms with van der Waals surface area (Å²) in [5.41, 5.74) is 7.12. The van der Waals surface area contributed by atoms with E-state index in [1.807, 2.05) is 24.3 Å². The highest BCUT2D eigenvalue weighted by molar-refractivity contribution is 5.28. The molecule has 0 aromatic heterocycles. The Morgan fingerprint density at radius 3 is 2.15 bits per heavy atom. The van der Waals surface area contributed by atoms with E-state index < -0.39 is 11.6 Å². The maximum Gasteiger partial charge on any atom is 0.126 e. The number of benzene rings is 2. The first-order chi connectivity index (χ1) is 9.67. The minimum atomic E-state index is -0.597. The second kappa shape index (κ2) is 7.01. The molecule has 0 aliphatic rings. The van der Waals surface area contributed by atoms with Gasteiger partial charge in [-0.15, -0.1) is 0 Å². The summed E-state index contributed by atoms with van der Waals surface area (Å²) in [6.45, 7) is 0.806.